The van der Waals surface area contributed by atoms with Crippen molar-refractivity contribution in [3.8, 4) is 5.88 Å². The van der Waals surface area contributed by atoms with Gasteiger partial charge in [0, 0.05) is 17.8 Å². The van der Waals surface area contributed by atoms with Crippen molar-refractivity contribution in [1.82, 2.24) is 9.97 Å². The van der Waals surface area contributed by atoms with Crippen LogP contribution in [0.1, 0.15) is 37.8 Å². The summed E-state index contributed by atoms with van der Waals surface area (Å²) >= 11 is 0. The Morgan fingerprint density at radius 2 is 2.14 bits per heavy atom. The highest BCUT2D eigenvalue weighted by Gasteiger charge is 2.46. The molecule has 1 saturated heterocycles. The summed E-state index contributed by atoms with van der Waals surface area (Å²) in [4.78, 5) is 22.4. The van der Waals surface area contributed by atoms with Gasteiger partial charge in [-0.15, -0.1) is 0 Å². The molecular weight excluding hydrogens is 270 g/mol. The van der Waals surface area contributed by atoms with Crippen LogP contribution in [0.4, 0.5) is 5.95 Å². The highest BCUT2D eigenvalue weighted by atomic mass is 16.5. The summed E-state index contributed by atoms with van der Waals surface area (Å²) in [5.74, 6) is 0.637. The van der Waals surface area contributed by atoms with Crippen LogP contribution >= 0.6 is 0 Å². The molecule has 2 heterocycles. The van der Waals surface area contributed by atoms with Gasteiger partial charge in [0.05, 0.1) is 7.11 Å². The Balaban J connectivity index is 2.00. The van der Waals surface area contributed by atoms with Crippen LogP contribution in [-0.2, 0) is 4.79 Å². The van der Waals surface area contributed by atoms with Crippen molar-refractivity contribution in [2.45, 2.75) is 51.1 Å². The molecule has 0 amide bonds. The average molecular weight is 291 g/mol. The summed E-state index contributed by atoms with van der Waals surface area (Å²) in [6.45, 7) is 1.87. The Kier molecular flexibility index (Phi) is 3.69. The van der Waals surface area contributed by atoms with Crippen LogP contribution in [0.2, 0.25) is 0 Å². The molecule has 1 N–H and O–H groups in total. The van der Waals surface area contributed by atoms with E-state index in [0.29, 0.717) is 24.2 Å². The fourth-order valence-corrected chi connectivity index (χ4v) is 3.71. The zero-order chi connectivity index (χ0) is 15.0. The van der Waals surface area contributed by atoms with Gasteiger partial charge in [0.2, 0.25) is 11.8 Å². The molecule has 0 spiro atoms. The number of aliphatic carboxylic acids is 1. The molecule has 1 aliphatic heterocycles. The summed E-state index contributed by atoms with van der Waals surface area (Å²) in [5, 5.41) is 9.56. The van der Waals surface area contributed by atoms with Crippen LogP contribution in [0, 0.1) is 12.8 Å². The smallest absolute Gasteiger partial charge is 0.326 e. The van der Waals surface area contributed by atoms with Gasteiger partial charge in [-0.25, -0.2) is 9.78 Å². The third-order valence-electron chi connectivity index (χ3n) is 4.63. The van der Waals surface area contributed by atoms with Gasteiger partial charge < -0.3 is 14.7 Å². The van der Waals surface area contributed by atoms with Crippen LogP contribution in [0.5, 0.6) is 5.88 Å². The van der Waals surface area contributed by atoms with Gasteiger partial charge in [0.1, 0.15) is 6.04 Å². The van der Waals surface area contributed by atoms with Crippen molar-refractivity contribution in [3.05, 3.63) is 11.8 Å². The summed E-state index contributed by atoms with van der Waals surface area (Å²) < 4.78 is 5.20. The SMILES string of the molecule is COc1cc(C)nc(N2C(C(=O)O)CC3CCCCC32)n1. The predicted octanol–water partition coefficient (Wildman–Crippen LogP) is 2.02. The quantitative estimate of drug-likeness (QED) is 0.918. The fourth-order valence-electron chi connectivity index (χ4n) is 3.71. The van der Waals surface area contributed by atoms with E-state index in [2.05, 4.69) is 9.97 Å². The molecule has 114 valence electrons. The maximum absolute atomic E-state index is 11.6. The number of ether oxygens (including phenoxy) is 1. The Labute approximate surface area is 124 Å². The largest absolute Gasteiger partial charge is 0.481 e. The molecule has 3 rings (SSSR count). The number of aryl methyl sites for hydroxylation is 1. The minimum atomic E-state index is -0.784. The van der Waals surface area contributed by atoms with Crippen LogP contribution in [0.3, 0.4) is 0 Å². The van der Waals surface area contributed by atoms with Crippen molar-refractivity contribution in [3.63, 3.8) is 0 Å². The lowest BCUT2D eigenvalue weighted by molar-refractivity contribution is -0.138. The van der Waals surface area contributed by atoms with Gasteiger partial charge in [0.25, 0.3) is 0 Å². The third-order valence-corrected chi connectivity index (χ3v) is 4.63. The Bertz CT molecular complexity index is 549. The standard InChI is InChI=1S/C15H21N3O3/c1-9-7-13(21-2)17-15(16-9)18-11-6-4-3-5-10(11)8-12(18)14(19)20/h7,10-12H,3-6,8H2,1-2H3,(H,19,20). The molecule has 1 aromatic rings. The second-order valence-corrected chi connectivity index (χ2v) is 5.96. The van der Waals surface area contributed by atoms with Gasteiger partial charge in [-0.2, -0.15) is 4.98 Å². The predicted molar refractivity (Wildman–Crippen MR) is 77.6 cm³/mol. The molecule has 3 unspecified atom stereocenters. The topological polar surface area (TPSA) is 75.5 Å². The van der Waals surface area contributed by atoms with Crippen molar-refractivity contribution >= 4 is 11.9 Å². The number of hydrogen-bond donors (Lipinski definition) is 1. The highest BCUT2D eigenvalue weighted by molar-refractivity contribution is 5.78. The lowest BCUT2D eigenvalue weighted by atomic mass is 9.85. The molecule has 2 aliphatic rings. The molecule has 3 atom stereocenters. The number of methoxy groups -OCH3 is 1. The first-order chi connectivity index (χ1) is 10.1. The van der Waals surface area contributed by atoms with Crippen LogP contribution in [-0.4, -0.2) is 40.2 Å². The number of fused-ring (bicyclic) bond motifs is 1. The first-order valence-corrected chi connectivity index (χ1v) is 7.51. The van der Waals surface area contributed by atoms with Gasteiger partial charge in [-0.3, -0.25) is 0 Å². The van der Waals surface area contributed by atoms with Crippen LogP contribution in [0.25, 0.3) is 0 Å². The first-order valence-electron chi connectivity index (χ1n) is 7.51. The maximum Gasteiger partial charge on any atom is 0.326 e. The lowest BCUT2D eigenvalue weighted by Gasteiger charge is -2.33. The maximum atomic E-state index is 11.6. The number of anilines is 1. The molecule has 0 radical (unpaired) electrons. The number of rotatable bonds is 3. The number of carbonyl (C=O) groups is 1. The van der Waals surface area contributed by atoms with Gasteiger partial charge in [-0.1, -0.05) is 12.8 Å². The molecule has 1 aliphatic carbocycles. The van der Waals surface area contributed by atoms with E-state index < -0.39 is 12.0 Å². The number of nitrogens with zero attached hydrogens (tertiary/aromatic N) is 3. The number of hydrogen-bond acceptors (Lipinski definition) is 5. The normalized spacial score (nSPS) is 28.3. The van der Waals surface area contributed by atoms with Crippen molar-refractivity contribution < 1.29 is 14.6 Å². The lowest BCUT2D eigenvalue weighted by Crippen LogP contribution is -2.43. The molecule has 21 heavy (non-hydrogen) atoms. The number of aromatic nitrogens is 2. The van der Waals surface area contributed by atoms with Gasteiger partial charge in [0.15, 0.2) is 0 Å². The second-order valence-electron chi connectivity index (χ2n) is 5.96. The zero-order valence-corrected chi connectivity index (χ0v) is 12.5. The second kappa shape index (κ2) is 5.50. The molecule has 2 fully saturated rings. The molecule has 6 heteroatoms. The Hall–Kier alpha value is -1.85. The van der Waals surface area contributed by atoms with Crippen molar-refractivity contribution in [1.29, 1.82) is 0 Å². The molecule has 0 bridgehead atoms. The molecule has 1 saturated carbocycles. The van der Waals surface area contributed by atoms with Crippen molar-refractivity contribution in [2.24, 2.45) is 5.92 Å². The average Bonchev–Trinajstić information content (AvgIpc) is 2.86. The third kappa shape index (κ3) is 2.54. The first kappa shape index (κ1) is 14.1. The monoisotopic (exact) mass is 291 g/mol. The molecule has 1 aromatic heterocycles. The summed E-state index contributed by atoms with van der Waals surface area (Å²) in [5.41, 5.74) is 0.792. The van der Waals surface area contributed by atoms with Gasteiger partial charge in [-0.05, 0) is 32.1 Å². The van der Waals surface area contributed by atoms with E-state index in [1.165, 1.54) is 6.42 Å². The van der Waals surface area contributed by atoms with Crippen LogP contribution < -0.4 is 9.64 Å². The summed E-state index contributed by atoms with van der Waals surface area (Å²) in [6.07, 6.45) is 5.16. The minimum absolute atomic E-state index is 0.242. The Morgan fingerprint density at radius 3 is 2.86 bits per heavy atom. The summed E-state index contributed by atoms with van der Waals surface area (Å²) in [7, 11) is 1.56. The van der Waals surface area contributed by atoms with E-state index in [4.69, 9.17) is 4.74 Å². The summed E-state index contributed by atoms with van der Waals surface area (Å²) in [6, 6.07) is 1.48. The molecule has 6 nitrogen and oxygen atoms in total. The van der Waals surface area contributed by atoms with E-state index in [1.807, 2.05) is 11.8 Å². The molecular formula is C15H21N3O3. The highest BCUT2D eigenvalue weighted by Crippen LogP contribution is 2.41. The van der Waals surface area contributed by atoms with E-state index in [1.54, 1.807) is 13.2 Å². The van der Waals surface area contributed by atoms with Gasteiger partial charge >= 0.3 is 5.97 Å². The van der Waals surface area contributed by atoms with E-state index in [9.17, 15) is 9.90 Å². The van der Waals surface area contributed by atoms with Crippen LogP contribution in [0.15, 0.2) is 6.07 Å². The number of carboxylic acid groups (broad SMARTS) is 1. The van der Waals surface area contributed by atoms with E-state index in [0.717, 1.165) is 25.0 Å². The Morgan fingerprint density at radius 1 is 1.38 bits per heavy atom. The minimum Gasteiger partial charge on any atom is -0.481 e. The molecule has 0 aromatic carbocycles. The fraction of sp³-hybridized carbons (Fsp3) is 0.667. The van der Waals surface area contributed by atoms with Crippen molar-refractivity contribution in [2.75, 3.05) is 12.0 Å². The van der Waals surface area contributed by atoms with E-state index in [-0.39, 0.29) is 6.04 Å². The number of carboxylic acids is 1. The zero-order valence-electron chi connectivity index (χ0n) is 12.5. The van der Waals surface area contributed by atoms with E-state index >= 15 is 0 Å².